The number of phenols is 3. The summed E-state index contributed by atoms with van der Waals surface area (Å²) in [5.74, 6) is -1.65. The molecule has 4 aromatic rings. The largest absolute Gasteiger partial charge is 0.504 e. The Morgan fingerprint density at radius 2 is 1.21 bits per heavy atom. The highest BCUT2D eigenvalue weighted by Gasteiger charge is 2.25. The first kappa shape index (κ1) is 23.7. The van der Waals surface area contributed by atoms with Crippen molar-refractivity contribution < 1.29 is 28.9 Å². The van der Waals surface area contributed by atoms with Crippen molar-refractivity contribution in [1.29, 1.82) is 0 Å². The molecule has 0 saturated heterocycles. The van der Waals surface area contributed by atoms with Gasteiger partial charge in [-0.3, -0.25) is 0 Å². The van der Waals surface area contributed by atoms with Crippen molar-refractivity contribution in [2.24, 2.45) is 0 Å². The molecule has 0 saturated carbocycles. The van der Waals surface area contributed by atoms with E-state index < -0.39 is 22.8 Å². The average molecular weight is 471 g/mol. The molecule has 182 valence electrons. The lowest BCUT2D eigenvalue weighted by Gasteiger charge is -2.14. The van der Waals surface area contributed by atoms with E-state index in [2.05, 4.69) is 6.92 Å². The van der Waals surface area contributed by atoms with Gasteiger partial charge in [-0.1, -0.05) is 64.7 Å². The quantitative estimate of drug-likeness (QED) is 0.101. The van der Waals surface area contributed by atoms with Gasteiger partial charge >= 0.3 is 11.3 Å². The summed E-state index contributed by atoms with van der Waals surface area (Å²) in [6, 6.07) is 2.25. The molecular weight excluding hydrogens is 440 g/mol. The van der Waals surface area contributed by atoms with E-state index >= 15 is 0 Å². The van der Waals surface area contributed by atoms with Crippen LogP contribution in [-0.4, -0.2) is 21.9 Å². The van der Waals surface area contributed by atoms with E-state index in [1.54, 1.807) is 0 Å². The number of ether oxygens (including phenoxy) is 1. The first-order chi connectivity index (χ1) is 16.4. The van der Waals surface area contributed by atoms with Crippen LogP contribution in [0.3, 0.4) is 0 Å². The first-order valence-corrected chi connectivity index (χ1v) is 12.0. The number of hydrogen-bond acceptors (Lipinski definition) is 8. The highest BCUT2D eigenvalue weighted by molar-refractivity contribution is 6.22. The van der Waals surface area contributed by atoms with Crippen LogP contribution in [-0.2, 0) is 0 Å². The van der Waals surface area contributed by atoms with Crippen LogP contribution in [0.25, 0.3) is 32.7 Å². The Labute approximate surface area is 195 Å². The molecule has 0 radical (unpaired) electrons. The fraction of sp³-hybridized carbons (Fsp3) is 0.462. The van der Waals surface area contributed by atoms with E-state index in [-0.39, 0.29) is 44.2 Å². The van der Waals surface area contributed by atoms with E-state index in [4.69, 9.17) is 13.6 Å². The maximum absolute atomic E-state index is 12.6. The lowest BCUT2D eigenvalue weighted by atomic mass is 10.0. The molecule has 0 atom stereocenters. The minimum atomic E-state index is -0.856. The van der Waals surface area contributed by atoms with Gasteiger partial charge in [-0.25, -0.2) is 9.59 Å². The normalized spacial score (nSPS) is 11.8. The monoisotopic (exact) mass is 470 g/mol. The third-order valence-corrected chi connectivity index (χ3v) is 6.28. The van der Waals surface area contributed by atoms with Gasteiger partial charge in [0.15, 0.2) is 22.7 Å². The number of aromatic hydroxyl groups is 3. The molecule has 0 spiro atoms. The van der Waals surface area contributed by atoms with Gasteiger partial charge in [0.2, 0.25) is 11.5 Å². The number of rotatable bonds is 12. The Hall–Kier alpha value is -3.42. The standard InChI is InChI=1S/C26H30O8/c1-2-3-4-5-6-7-8-9-10-11-12-32-22-18(28)14-16-20-19-15(26(31)34-24(20)22)13-17(27)21(29)23(19)33-25(16)30/h13-14,27-29H,2-12H2,1H3. The van der Waals surface area contributed by atoms with Crippen molar-refractivity contribution in [3.63, 3.8) is 0 Å². The smallest absolute Gasteiger partial charge is 0.344 e. The molecule has 0 amide bonds. The lowest BCUT2D eigenvalue weighted by Crippen LogP contribution is -2.08. The number of benzene rings is 2. The molecule has 0 unspecified atom stereocenters. The first-order valence-electron chi connectivity index (χ1n) is 12.0. The zero-order chi connectivity index (χ0) is 24.2. The van der Waals surface area contributed by atoms with Crippen molar-refractivity contribution in [1.82, 2.24) is 0 Å². The second-order valence-electron chi connectivity index (χ2n) is 8.78. The van der Waals surface area contributed by atoms with Gasteiger partial charge in [0.05, 0.1) is 17.4 Å². The van der Waals surface area contributed by atoms with Crippen LogP contribution in [0.2, 0.25) is 0 Å². The van der Waals surface area contributed by atoms with Crippen molar-refractivity contribution in [3.05, 3.63) is 33.0 Å². The van der Waals surface area contributed by atoms with E-state index in [1.807, 2.05) is 0 Å². The van der Waals surface area contributed by atoms with E-state index in [9.17, 15) is 24.9 Å². The van der Waals surface area contributed by atoms with Gasteiger partial charge in [0, 0.05) is 10.8 Å². The van der Waals surface area contributed by atoms with Crippen molar-refractivity contribution in [2.45, 2.75) is 71.1 Å². The zero-order valence-electron chi connectivity index (χ0n) is 19.3. The molecular formula is C26H30O8. The summed E-state index contributed by atoms with van der Waals surface area (Å²) in [5, 5.41) is 30.8. The van der Waals surface area contributed by atoms with Crippen LogP contribution in [0.1, 0.15) is 71.1 Å². The summed E-state index contributed by atoms with van der Waals surface area (Å²) in [7, 11) is 0. The van der Waals surface area contributed by atoms with Crippen LogP contribution < -0.4 is 16.0 Å². The molecule has 2 aromatic carbocycles. The van der Waals surface area contributed by atoms with Crippen molar-refractivity contribution >= 4 is 32.7 Å². The third kappa shape index (κ3) is 4.49. The number of hydrogen-bond donors (Lipinski definition) is 3. The minimum Gasteiger partial charge on any atom is -0.504 e. The lowest BCUT2D eigenvalue weighted by molar-refractivity contribution is 0.287. The van der Waals surface area contributed by atoms with E-state index in [0.717, 1.165) is 25.3 Å². The Bertz CT molecular complexity index is 1400. The summed E-state index contributed by atoms with van der Waals surface area (Å²) in [6.45, 7) is 2.52. The van der Waals surface area contributed by atoms with Crippen LogP contribution in [0.4, 0.5) is 0 Å². The molecule has 0 fully saturated rings. The van der Waals surface area contributed by atoms with E-state index in [0.29, 0.717) is 6.61 Å². The molecule has 2 heterocycles. The molecule has 8 nitrogen and oxygen atoms in total. The summed E-state index contributed by atoms with van der Waals surface area (Å²) >= 11 is 0. The molecule has 2 aromatic heterocycles. The summed E-state index contributed by atoms with van der Waals surface area (Å²) < 4.78 is 16.3. The molecule has 4 rings (SSSR count). The highest BCUT2D eigenvalue weighted by Crippen LogP contribution is 2.44. The maximum atomic E-state index is 12.6. The van der Waals surface area contributed by atoms with Gasteiger partial charge in [0.1, 0.15) is 0 Å². The van der Waals surface area contributed by atoms with Crippen LogP contribution >= 0.6 is 0 Å². The minimum absolute atomic E-state index is 0.0230. The molecule has 3 N–H and O–H groups in total. The van der Waals surface area contributed by atoms with Gasteiger partial charge in [-0.15, -0.1) is 0 Å². The number of phenolic OH excluding ortho intramolecular Hbond substituents is 3. The average Bonchev–Trinajstić information content (AvgIpc) is 2.81. The fourth-order valence-corrected chi connectivity index (χ4v) is 4.47. The van der Waals surface area contributed by atoms with E-state index in [1.165, 1.54) is 51.0 Å². The third-order valence-electron chi connectivity index (χ3n) is 6.28. The molecule has 34 heavy (non-hydrogen) atoms. The van der Waals surface area contributed by atoms with Crippen LogP contribution in [0.15, 0.2) is 30.6 Å². The Morgan fingerprint density at radius 3 is 1.82 bits per heavy atom. The van der Waals surface area contributed by atoms with Gasteiger partial charge < -0.3 is 28.9 Å². The molecule has 8 heteroatoms. The van der Waals surface area contributed by atoms with Gasteiger partial charge in [0.25, 0.3) is 0 Å². The Kier molecular flexibility index (Phi) is 7.14. The second kappa shape index (κ2) is 10.2. The molecule has 0 aliphatic heterocycles. The Morgan fingerprint density at radius 1 is 0.706 bits per heavy atom. The molecule has 0 bridgehead atoms. The Balaban J connectivity index is 1.51. The SMILES string of the molecule is CCCCCCCCCCCCOc1c(O)cc2c(=O)oc3c(O)c(O)cc4c(=O)oc1c2c34. The second-order valence-corrected chi connectivity index (χ2v) is 8.78. The van der Waals surface area contributed by atoms with Gasteiger partial charge in [-0.2, -0.15) is 0 Å². The summed E-state index contributed by atoms with van der Waals surface area (Å²) in [5.41, 5.74) is -2.10. The molecule has 0 aliphatic rings. The highest BCUT2D eigenvalue weighted by atomic mass is 16.5. The number of unbranched alkanes of at least 4 members (excludes halogenated alkanes) is 9. The fourth-order valence-electron chi connectivity index (χ4n) is 4.47. The van der Waals surface area contributed by atoms with Crippen molar-refractivity contribution in [3.8, 4) is 23.0 Å². The van der Waals surface area contributed by atoms with Crippen LogP contribution in [0, 0.1) is 0 Å². The maximum Gasteiger partial charge on any atom is 0.344 e. The summed E-state index contributed by atoms with van der Waals surface area (Å²) in [6.07, 6.45) is 11.7. The van der Waals surface area contributed by atoms with Gasteiger partial charge in [-0.05, 0) is 18.6 Å². The predicted octanol–water partition coefficient (Wildman–Crippen LogP) is 5.91. The topological polar surface area (TPSA) is 130 Å². The predicted molar refractivity (Wildman–Crippen MR) is 130 cm³/mol. The van der Waals surface area contributed by atoms with Crippen molar-refractivity contribution in [2.75, 3.05) is 6.61 Å². The van der Waals surface area contributed by atoms with Crippen LogP contribution in [0.5, 0.6) is 23.0 Å². The zero-order valence-corrected chi connectivity index (χ0v) is 19.3. The molecule has 0 aliphatic carbocycles. The summed E-state index contributed by atoms with van der Waals surface area (Å²) in [4.78, 5) is 25.1.